The van der Waals surface area contributed by atoms with Crippen LogP contribution >= 0.6 is 15.9 Å². The Labute approximate surface area is 123 Å². The summed E-state index contributed by atoms with van der Waals surface area (Å²) < 4.78 is 13.4. The third kappa shape index (κ3) is 4.34. The molecular weight excluding hydrogens is 335 g/mol. The fourth-order valence-electron chi connectivity index (χ4n) is 1.35. The lowest BCUT2D eigenvalue weighted by atomic mass is 10.2. The van der Waals surface area contributed by atoms with Crippen LogP contribution in [-0.2, 0) is 0 Å². The largest absolute Gasteiger partial charge is 0.378 e. The van der Waals surface area contributed by atoms with E-state index in [1.165, 1.54) is 11.0 Å². The number of hydrogen-bond donors (Lipinski definition) is 2. The number of hydrogen-bond acceptors (Lipinski definition) is 4. The van der Waals surface area contributed by atoms with Gasteiger partial charge in [-0.1, -0.05) is 0 Å². The molecule has 0 heterocycles. The Morgan fingerprint density at radius 1 is 1.45 bits per heavy atom. The summed E-state index contributed by atoms with van der Waals surface area (Å²) in [5.74, 6) is -0.705. The monoisotopic (exact) mass is 348 g/mol. The van der Waals surface area contributed by atoms with Gasteiger partial charge in [0.15, 0.2) is 0 Å². The molecule has 2 amide bonds. The van der Waals surface area contributed by atoms with Crippen molar-refractivity contribution in [1.29, 1.82) is 0 Å². The number of amides is 2. The molecule has 1 rings (SSSR count). The van der Waals surface area contributed by atoms with Gasteiger partial charge in [0.2, 0.25) is 0 Å². The van der Waals surface area contributed by atoms with Crippen LogP contribution < -0.4 is 10.6 Å². The van der Waals surface area contributed by atoms with Gasteiger partial charge < -0.3 is 15.5 Å². The van der Waals surface area contributed by atoms with Crippen molar-refractivity contribution in [1.82, 2.24) is 10.2 Å². The standard InChI is InChI=1S/C11H14BrFN4O3/c1-16(2)11(18)15-4-3-14-9-5-7(12)8(13)6-10(9)17(19)20/h5-6,14H,3-4H2,1-2H3,(H,15,18). The number of nitrogens with zero attached hydrogens (tertiary/aromatic N) is 2. The molecule has 9 heteroatoms. The van der Waals surface area contributed by atoms with E-state index in [4.69, 9.17) is 0 Å². The fraction of sp³-hybridized carbons (Fsp3) is 0.364. The van der Waals surface area contributed by atoms with E-state index in [9.17, 15) is 19.3 Å². The average molecular weight is 349 g/mol. The lowest BCUT2D eigenvalue weighted by Gasteiger charge is -2.13. The second-order valence-electron chi connectivity index (χ2n) is 4.09. The van der Waals surface area contributed by atoms with Crippen LogP contribution in [-0.4, -0.2) is 43.0 Å². The quantitative estimate of drug-likeness (QED) is 0.485. The Hall–Kier alpha value is -1.90. The fourth-order valence-corrected chi connectivity index (χ4v) is 1.70. The first-order chi connectivity index (χ1) is 9.32. The molecule has 0 saturated carbocycles. The average Bonchev–Trinajstić information content (AvgIpc) is 2.37. The molecule has 0 fully saturated rings. The molecule has 0 unspecified atom stereocenters. The van der Waals surface area contributed by atoms with Crippen molar-refractivity contribution in [3.05, 3.63) is 32.5 Å². The first-order valence-electron chi connectivity index (χ1n) is 5.65. The van der Waals surface area contributed by atoms with Crippen LogP contribution in [0.2, 0.25) is 0 Å². The van der Waals surface area contributed by atoms with Crippen LogP contribution in [0.25, 0.3) is 0 Å². The molecule has 2 N–H and O–H groups in total. The Balaban J connectivity index is 2.66. The van der Waals surface area contributed by atoms with Crippen molar-refractivity contribution in [2.45, 2.75) is 0 Å². The lowest BCUT2D eigenvalue weighted by Crippen LogP contribution is -2.37. The second-order valence-corrected chi connectivity index (χ2v) is 4.95. The van der Waals surface area contributed by atoms with Gasteiger partial charge in [-0.15, -0.1) is 0 Å². The van der Waals surface area contributed by atoms with E-state index < -0.39 is 10.7 Å². The van der Waals surface area contributed by atoms with Gasteiger partial charge in [0, 0.05) is 27.2 Å². The zero-order chi connectivity index (χ0) is 15.3. The van der Waals surface area contributed by atoms with Gasteiger partial charge >= 0.3 is 6.03 Å². The predicted molar refractivity (Wildman–Crippen MR) is 76.3 cm³/mol. The number of nitro benzene ring substituents is 1. The highest BCUT2D eigenvalue weighted by atomic mass is 79.9. The molecule has 7 nitrogen and oxygen atoms in total. The maximum Gasteiger partial charge on any atom is 0.316 e. The normalized spacial score (nSPS) is 10.0. The molecular formula is C11H14BrFN4O3. The number of carbonyl (C=O) groups excluding carboxylic acids is 1. The highest BCUT2D eigenvalue weighted by Crippen LogP contribution is 2.30. The van der Waals surface area contributed by atoms with Crippen LogP contribution in [0.5, 0.6) is 0 Å². The molecule has 20 heavy (non-hydrogen) atoms. The van der Waals surface area contributed by atoms with E-state index in [0.29, 0.717) is 0 Å². The molecule has 0 atom stereocenters. The summed E-state index contributed by atoms with van der Waals surface area (Å²) >= 11 is 2.97. The molecule has 0 saturated heterocycles. The summed E-state index contributed by atoms with van der Waals surface area (Å²) in [6.07, 6.45) is 0. The first kappa shape index (κ1) is 16.2. The van der Waals surface area contributed by atoms with Crippen LogP contribution in [0.3, 0.4) is 0 Å². The molecule has 1 aromatic rings. The highest BCUT2D eigenvalue weighted by Gasteiger charge is 2.17. The third-order valence-electron chi connectivity index (χ3n) is 2.36. The topological polar surface area (TPSA) is 87.5 Å². The van der Waals surface area contributed by atoms with E-state index >= 15 is 0 Å². The van der Waals surface area contributed by atoms with E-state index in [1.54, 1.807) is 14.1 Å². The molecule has 0 spiro atoms. The minimum absolute atomic E-state index is 0.128. The summed E-state index contributed by atoms with van der Waals surface area (Å²) in [4.78, 5) is 22.8. The van der Waals surface area contributed by atoms with E-state index in [-0.39, 0.29) is 35.0 Å². The Morgan fingerprint density at radius 2 is 2.10 bits per heavy atom. The zero-order valence-corrected chi connectivity index (χ0v) is 12.5. The van der Waals surface area contributed by atoms with Crippen molar-refractivity contribution in [3.63, 3.8) is 0 Å². The zero-order valence-electron chi connectivity index (χ0n) is 10.9. The maximum absolute atomic E-state index is 13.3. The molecule has 0 radical (unpaired) electrons. The van der Waals surface area contributed by atoms with Crippen LogP contribution in [0.1, 0.15) is 0 Å². The van der Waals surface area contributed by atoms with E-state index in [0.717, 1.165) is 6.07 Å². The maximum atomic E-state index is 13.3. The number of anilines is 1. The van der Waals surface area contributed by atoms with Crippen molar-refractivity contribution >= 4 is 33.3 Å². The molecule has 0 aliphatic carbocycles. The summed E-state index contributed by atoms with van der Waals surface area (Å²) in [5.41, 5.74) is -0.174. The number of benzene rings is 1. The van der Waals surface area contributed by atoms with Gasteiger partial charge in [-0.2, -0.15) is 0 Å². The second kappa shape index (κ2) is 7.04. The summed E-state index contributed by atoms with van der Waals surface area (Å²) in [6.45, 7) is 0.557. The molecule has 1 aromatic carbocycles. The number of nitrogens with one attached hydrogen (secondary N) is 2. The van der Waals surface area contributed by atoms with Gasteiger partial charge in [-0.25, -0.2) is 9.18 Å². The van der Waals surface area contributed by atoms with Gasteiger partial charge in [0.25, 0.3) is 5.69 Å². The predicted octanol–water partition coefficient (Wildman–Crippen LogP) is 2.18. The number of nitro groups is 1. The van der Waals surface area contributed by atoms with Gasteiger partial charge in [-0.3, -0.25) is 10.1 Å². The number of urea groups is 1. The van der Waals surface area contributed by atoms with Gasteiger partial charge in [0.1, 0.15) is 11.5 Å². The number of halogens is 2. The Bertz CT molecular complexity index is 525. The number of carbonyl (C=O) groups is 1. The summed E-state index contributed by atoms with van der Waals surface area (Å²) in [5, 5.41) is 16.2. The van der Waals surface area contributed by atoms with Gasteiger partial charge in [-0.05, 0) is 22.0 Å². The van der Waals surface area contributed by atoms with Gasteiger partial charge in [0.05, 0.1) is 15.5 Å². The minimum Gasteiger partial charge on any atom is -0.378 e. The van der Waals surface area contributed by atoms with Crippen molar-refractivity contribution < 1.29 is 14.1 Å². The smallest absolute Gasteiger partial charge is 0.316 e. The van der Waals surface area contributed by atoms with Crippen molar-refractivity contribution in [2.75, 3.05) is 32.5 Å². The van der Waals surface area contributed by atoms with E-state index in [2.05, 4.69) is 26.6 Å². The molecule has 0 bridgehead atoms. The van der Waals surface area contributed by atoms with Crippen molar-refractivity contribution in [2.24, 2.45) is 0 Å². The van der Waals surface area contributed by atoms with Crippen molar-refractivity contribution in [3.8, 4) is 0 Å². The summed E-state index contributed by atoms with van der Waals surface area (Å²) in [7, 11) is 3.20. The van der Waals surface area contributed by atoms with Crippen LogP contribution in [0, 0.1) is 15.9 Å². The Morgan fingerprint density at radius 3 is 2.65 bits per heavy atom. The third-order valence-corrected chi connectivity index (χ3v) is 2.97. The first-order valence-corrected chi connectivity index (χ1v) is 6.44. The lowest BCUT2D eigenvalue weighted by molar-refractivity contribution is -0.384. The van der Waals surface area contributed by atoms with Crippen LogP contribution in [0.15, 0.2) is 16.6 Å². The molecule has 110 valence electrons. The number of rotatable bonds is 5. The summed E-state index contributed by atoms with van der Waals surface area (Å²) in [6, 6.07) is 1.87. The SMILES string of the molecule is CN(C)C(=O)NCCNc1cc(Br)c(F)cc1[N+](=O)[O-]. The molecule has 0 aliphatic rings. The van der Waals surface area contributed by atoms with Crippen LogP contribution in [0.4, 0.5) is 20.6 Å². The molecule has 0 aliphatic heterocycles. The highest BCUT2D eigenvalue weighted by molar-refractivity contribution is 9.10. The Kier molecular flexibility index (Phi) is 5.68. The van der Waals surface area contributed by atoms with E-state index in [1.807, 2.05) is 0 Å². The minimum atomic E-state index is -0.705. The molecule has 0 aromatic heterocycles.